The molecule has 0 aromatic heterocycles. The van der Waals surface area contributed by atoms with Gasteiger partial charge in [-0.15, -0.1) is 0 Å². The van der Waals surface area contributed by atoms with Crippen LogP contribution >= 0.6 is 0 Å². The first-order chi connectivity index (χ1) is 7.20. The third kappa shape index (κ3) is 1.97. The van der Waals surface area contributed by atoms with Crippen LogP contribution in [-0.4, -0.2) is 18.2 Å². The quantitative estimate of drug-likeness (QED) is 0.808. The minimum atomic E-state index is -0.615. The molecule has 0 saturated carbocycles. The molecule has 0 unspecified atom stereocenters. The van der Waals surface area contributed by atoms with Crippen LogP contribution in [0.2, 0.25) is 0 Å². The Bertz CT molecular complexity index is 345. The van der Waals surface area contributed by atoms with E-state index in [0.717, 1.165) is 25.9 Å². The van der Waals surface area contributed by atoms with Crippen LogP contribution in [-0.2, 0) is 0 Å². The highest BCUT2D eigenvalue weighted by atomic mass is 19.1. The van der Waals surface area contributed by atoms with Crippen LogP contribution in [0, 0.1) is 5.82 Å². The number of rotatable bonds is 2. The molecule has 15 heavy (non-hydrogen) atoms. The molecule has 1 aliphatic heterocycles. The first-order valence-corrected chi connectivity index (χ1v) is 5.41. The molecule has 0 aliphatic carbocycles. The predicted molar refractivity (Wildman–Crippen MR) is 58.5 cm³/mol. The number of aliphatic hydroxyl groups is 1. The number of hydrogen-bond acceptors (Lipinski definition) is 2. The summed E-state index contributed by atoms with van der Waals surface area (Å²) in [7, 11) is 0. The molecule has 1 aromatic rings. The van der Waals surface area contributed by atoms with Crippen molar-refractivity contribution in [2.24, 2.45) is 0 Å². The van der Waals surface area contributed by atoms with Crippen molar-refractivity contribution in [2.75, 3.05) is 18.0 Å². The van der Waals surface area contributed by atoms with Crippen molar-refractivity contribution in [1.82, 2.24) is 0 Å². The molecule has 2 nitrogen and oxygen atoms in total. The minimum Gasteiger partial charge on any atom is -0.389 e. The summed E-state index contributed by atoms with van der Waals surface area (Å²) in [6.07, 6.45) is 1.59. The lowest BCUT2D eigenvalue weighted by Gasteiger charge is -2.23. The first kappa shape index (κ1) is 10.4. The first-order valence-electron chi connectivity index (χ1n) is 5.41. The number of halogens is 1. The van der Waals surface area contributed by atoms with Gasteiger partial charge in [0.05, 0.1) is 11.8 Å². The Kier molecular flexibility index (Phi) is 2.91. The smallest absolute Gasteiger partial charge is 0.146 e. The molecule has 1 atom stereocenters. The van der Waals surface area contributed by atoms with Gasteiger partial charge in [0.25, 0.3) is 0 Å². The average Bonchev–Trinajstić information content (AvgIpc) is 2.70. The average molecular weight is 209 g/mol. The molecule has 1 aromatic carbocycles. The second-order valence-electron chi connectivity index (χ2n) is 4.05. The molecule has 1 N–H and O–H groups in total. The number of aliphatic hydroxyl groups excluding tert-OH is 1. The number of benzene rings is 1. The van der Waals surface area contributed by atoms with E-state index in [1.165, 1.54) is 6.07 Å². The Morgan fingerprint density at radius 1 is 1.33 bits per heavy atom. The largest absolute Gasteiger partial charge is 0.389 e. The van der Waals surface area contributed by atoms with Gasteiger partial charge < -0.3 is 10.0 Å². The topological polar surface area (TPSA) is 23.5 Å². The zero-order valence-corrected chi connectivity index (χ0v) is 8.91. The standard InChI is InChI=1S/C12H16FNO/c1-9(15)10-5-4-6-11(13)12(10)14-7-2-3-8-14/h4-6,9,15H,2-3,7-8H2,1H3/t9-/m1/s1. The number of anilines is 1. The SMILES string of the molecule is C[C@@H](O)c1cccc(F)c1N1CCCC1. The molecule has 1 fully saturated rings. The lowest BCUT2D eigenvalue weighted by atomic mass is 10.1. The highest BCUT2D eigenvalue weighted by Crippen LogP contribution is 2.31. The second kappa shape index (κ2) is 4.19. The van der Waals surface area contributed by atoms with Crippen molar-refractivity contribution < 1.29 is 9.50 Å². The van der Waals surface area contributed by atoms with Gasteiger partial charge in [0.1, 0.15) is 5.82 Å². The van der Waals surface area contributed by atoms with Gasteiger partial charge in [-0.25, -0.2) is 4.39 Å². The zero-order chi connectivity index (χ0) is 10.8. The molecular weight excluding hydrogens is 193 g/mol. The van der Waals surface area contributed by atoms with Crippen LogP contribution < -0.4 is 4.90 Å². The monoisotopic (exact) mass is 209 g/mol. The van der Waals surface area contributed by atoms with Crippen molar-refractivity contribution in [3.8, 4) is 0 Å². The Hall–Kier alpha value is -1.09. The summed E-state index contributed by atoms with van der Waals surface area (Å²) >= 11 is 0. The van der Waals surface area contributed by atoms with Crippen molar-refractivity contribution in [1.29, 1.82) is 0 Å². The van der Waals surface area contributed by atoms with Gasteiger partial charge in [-0.3, -0.25) is 0 Å². The molecular formula is C12H16FNO. The van der Waals surface area contributed by atoms with E-state index >= 15 is 0 Å². The zero-order valence-electron chi connectivity index (χ0n) is 8.91. The molecule has 1 saturated heterocycles. The Labute approximate surface area is 89.3 Å². The predicted octanol–water partition coefficient (Wildman–Crippen LogP) is 2.48. The fraction of sp³-hybridized carbons (Fsp3) is 0.500. The molecule has 3 heteroatoms. The summed E-state index contributed by atoms with van der Waals surface area (Å²) < 4.78 is 13.7. The second-order valence-corrected chi connectivity index (χ2v) is 4.05. The van der Waals surface area contributed by atoms with Crippen LogP contribution in [0.15, 0.2) is 18.2 Å². The van der Waals surface area contributed by atoms with Crippen molar-refractivity contribution in [2.45, 2.75) is 25.9 Å². The van der Waals surface area contributed by atoms with Gasteiger partial charge in [-0.05, 0) is 25.8 Å². The summed E-state index contributed by atoms with van der Waals surface area (Å²) in [6.45, 7) is 3.45. The third-order valence-corrected chi connectivity index (χ3v) is 2.89. The van der Waals surface area contributed by atoms with E-state index in [9.17, 15) is 9.50 Å². The van der Waals surface area contributed by atoms with Crippen LogP contribution in [0.3, 0.4) is 0 Å². The van der Waals surface area contributed by atoms with Crippen LogP contribution in [0.4, 0.5) is 10.1 Å². The fourth-order valence-corrected chi connectivity index (χ4v) is 2.14. The summed E-state index contributed by atoms with van der Waals surface area (Å²) in [6, 6.07) is 4.90. The highest BCUT2D eigenvalue weighted by molar-refractivity contribution is 5.56. The highest BCUT2D eigenvalue weighted by Gasteiger charge is 2.20. The summed E-state index contributed by atoms with van der Waals surface area (Å²) in [5.41, 5.74) is 1.28. The minimum absolute atomic E-state index is 0.227. The van der Waals surface area contributed by atoms with E-state index in [4.69, 9.17) is 0 Å². The van der Waals surface area contributed by atoms with Crippen molar-refractivity contribution in [3.63, 3.8) is 0 Å². The Morgan fingerprint density at radius 2 is 2.00 bits per heavy atom. The Morgan fingerprint density at radius 3 is 2.60 bits per heavy atom. The lowest BCUT2D eigenvalue weighted by molar-refractivity contribution is 0.199. The lowest BCUT2D eigenvalue weighted by Crippen LogP contribution is -2.21. The number of para-hydroxylation sites is 1. The van der Waals surface area contributed by atoms with Gasteiger partial charge in [-0.1, -0.05) is 12.1 Å². The van der Waals surface area contributed by atoms with E-state index in [1.807, 2.05) is 4.90 Å². The summed E-state index contributed by atoms with van der Waals surface area (Å²) in [4.78, 5) is 2.03. The molecule has 1 aliphatic rings. The van der Waals surface area contributed by atoms with Crippen molar-refractivity contribution >= 4 is 5.69 Å². The van der Waals surface area contributed by atoms with Gasteiger partial charge in [0.15, 0.2) is 0 Å². The molecule has 0 spiro atoms. The van der Waals surface area contributed by atoms with Crippen molar-refractivity contribution in [3.05, 3.63) is 29.6 Å². The van der Waals surface area contributed by atoms with Gasteiger partial charge in [0, 0.05) is 18.7 Å². The molecule has 0 radical (unpaired) electrons. The van der Waals surface area contributed by atoms with E-state index in [2.05, 4.69) is 0 Å². The van der Waals surface area contributed by atoms with Gasteiger partial charge >= 0.3 is 0 Å². The maximum absolute atomic E-state index is 13.7. The fourth-order valence-electron chi connectivity index (χ4n) is 2.14. The van der Waals surface area contributed by atoms with Gasteiger partial charge in [0.2, 0.25) is 0 Å². The molecule has 1 heterocycles. The number of hydrogen-bond donors (Lipinski definition) is 1. The molecule has 82 valence electrons. The summed E-state index contributed by atoms with van der Waals surface area (Å²) in [5.74, 6) is -0.227. The number of nitrogens with zero attached hydrogens (tertiary/aromatic N) is 1. The summed E-state index contributed by atoms with van der Waals surface area (Å²) in [5, 5.41) is 9.60. The maximum atomic E-state index is 13.7. The maximum Gasteiger partial charge on any atom is 0.146 e. The molecule has 2 rings (SSSR count). The Balaban J connectivity index is 2.41. The van der Waals surface area contributed by atoms with Crippen LogP contribution in [0.25, 0.3) is 0 Å². The molecule has 0 bridgehead atoms. The normalized spacial score (nSPS) is 18.2. The van der Waals surface area contributed by atoms with E-state index in [1.54, 1.807) is 19.1 Å². The molecule has 0 amide bonds. The van der Waals surface area contributed by atoms with E-state index in [-0.39, 0.29) is 5.82 Å². The van der Waals surface area contributed by atoms with E-state index in [0.29, 0.717) is 11.3 Å². The van der Waals surface area contributed by atoms with Crippen LogP contribution in [0.1, 0.15) is 31.4 Å². The van der Waals surface area contributed by atoms with Gasteiger partial charge in [-0.2, -0.15) is 0 Å². The third-order valence-electron chi connectivity index (χ3n) is 2.89. The van der Waals surface area contributed by atoms with E-state index < -0.39 is 6.10 Å². The van der Waals surface area contributed by atoms with Crippen LogP contribution in [0.5, 0.6) is 0 Å².